The highest BCUT2D eigenvalue weighted by atomic mass is 32.1. The number of rotatable bonds is 12. The van der Waals surface area contributed by atoms with E-state index in [-0.39, 0.29) is 17.9 Å². The van der Waals surface area contributed by atoms with Crippen LogP contribution in [0, 0.1) is 0 Å². The van der Waals surface area contributed by atoms with Gasteiger partial charge in [0, 0.05) is 35.0 Å². The first kappa shape index (κ1) is 27.5. The molecule has 0 saturated heterocycles. The maximum atomic E-state index is 13.0. The van der Waals surface area contributed by atoms with Gasteiger partial charge in [-0.15, -0.1) is 0 Å². The molecule has 1 aromatic heterocycles. The number of aromatic amines is 1. The Bertz CT molecular complexity index is 1030. The third-order valence-corrected chi connectivity index (χ3v) is 5.89. The van der Waals surface area contributed by atoms with E-state index < -0.39 is 54.0 Å². The number of hydrogen-bond acceptors (Lipinski definition) is 8. The highest BCUT2D eigenvalue weighted by Gasteiger charge is 2.32. The van der Waals surface area contributed by atoms with Crippen LogP contribution in [-0.2, 0) is 25.6 Å². The second kappa shape index (κ2) is 12.6. The highest BCUT2D eigenvalue weighted by Crippen LogP contribution is 2.19. The summed E-state index contributed by atoms with van der Waals surface area (Å²) in [5.41, 5.74) is 7.15. The number of carbonyl (C=O) groups is 4. The fourth-order valence-corrected chi connectivity index (χ4v) is 3.62. The number of para-hydroxylation sites is 1. The molecule has 0 radical (unpaired) electrons. The molecule has 186 valence electrons. The number of aliphatic hydroxyl groups is 1. The molecule has 1 heterocycles. The molecule has 5 atom stereocenters. The number of fused-ring (bicyclic) bond motifs is 1. The predicted octanol–water partition coefficient (Wildman–Crippen LogP) is -1.18. The van der Waals surface area contributed by atoms with Gasteiger partial charge in [0.15, 0.2) is 6.04 Å². The van der Waals surface area contributed by atoms with Crippen molar-refractivity contribution in [3.63, 3.8) is 0 Å². The molecule has 3 amide bonds. The minimum absolute atomic E-state index is 0.0110. The van der Waals surface area contributed by atoms with Crippen LogP contribution in [0.25, 0.3) is 10.9 Å². The Hall–Kier alpha value is -2.74. The summed E-state index contributed by atoms with van der Waals surface area (Å²) in [5.74, 6) is -3.58. The normalized spacial score (nSPS) is 15.6. The quantitative estimate of drug-likeness (QED) is 0.160. The number of benzene rings is 1. The Kier molecular flexibility index (Phi) is 10.2. The lowest BCUT2D eigenvalue weighted by Crippen LogP contribution is -2.59. The van der Waals surface area contributed by atoms with Gasteiger partial charge in [0.05, 0.1) is 12.1 Å². The topological polar surface area (TPSA) is 187 Å². The Morgan fingerprint density at radius 1 is 1.00 bits per heavy atom. The Morgan fingerprint density at radius 3 is 2.21 bits per heavy atom. The van der Waals surface area contributed by atoms with Crippen LogP contribution in [0.15, 0.2) is 30.5 Å². The zero-order valence-corrected chi connectivity index (χ0v) is 20.2. The summed E-state index contributed by atoms with van der Waals surface area (Å²) in [4.78, 5) is 52.5. The van der Waals surface area contributed by atoms with Crippen molar-refractivity contribution in [3.05, 3.63) is 36.0 Å². The first-order valence-electron chi connectivity index (χ1n) is 10.4. The molecule has 2 aromatic rings. The van der Waals surface area contributed by atoms with Crippen LogP contribution < -0.4 is 21.7 Å². The maximum Gasteiger partial charge on any atom is 0.328 e. The molecule has 0 aliphatic carbocycles. The number of amides is 3. The molecule has 8 N–H and O–H groups in total. The lowest BCUT2D eigenvalue weighted by molar-refractivity contribution is -0.145. The zero-order chi connectivity index (χ0) is 25.4. The van der Waals surface area contributed by atoms with E-state index >= 15 is 0 Å². The van der Waals surface area contributed by atoms with Gasteiger partial charge in [0.1, 0.15) is 12.1 Å². The number of thiol groups is 2. The number of H-pyrrole nitrogens is 1. The van der Waals surface area contributed by atoms with Gasteiger partial charge in [0.25, 0.3) is 0 Å². The predicted molar refractivity (Wildman–Crippen MR) is 133 cm³/mol. The van der Waals surface area contributed by atoms with Crippen molar-refractivity contribution in [1.82, 2.24) is 20.9 Å². The first-order valence-corrected chi connectivity index (χ1v) is 11.7. The number of hydrogen-bond donors (Lipinski definition) is 9. The number of aliphatic carboxylic acids is 1. The molecule has 0 spiro atoms. The third-order valence-electron chi connectivity index (χ3n) is 5.13. The van der Waals surface area contributed by atoms with Crippen LogP contribution in [0.1, 0.15) is 12.5 Å². The fourth-order valence-electron chi connectivity index (χ4n) is 3.20. The summed E-state index contributed by atoms with van der Waals surface area (Å²) in [7, 11) is 0. The summed E-state index contributed by atoms with van der Waals surface area (Å²) < 4.78 is 0. The van der Waals surface area contributed by atoms with Gasteiger partial charge < -0.3 is 36.9 Å². The summed E-state index contributed by atoms with van der Waals surface area (Å²) in [5, 5.41) is 27.1. The number of nitrogens with two attached hydrogens (primary N) is 1. The van der Waals surface area contributed by atoms with Crippen molar-refractivity contribution < 1.29 is 29.4 Å². The van der Waals surface area contributed by atoms with Crippen LogP contribution in [0.4, 0.5) is 0 Å². The van der Waals surface area contributed by atoms with Crippen molar-refractivity contribution >= 4 is 59.9 Å². The highest BCUT2D eigenvalue weighted by molar-refractivity contribution is 7.80. The standard InChI is InChI=1S/C21H29N5O6S2/c1-10(27)17(21(31)32)26-19(29)15(6-11-7-23-14-5-3-2-4-12(11)14)24-20(30)16(9-34)25-18(28)13(22)8-33/h2-5,7,10,13,15-17,23,27,33-34H,6,8-9,22H2,1H3,(H,24,30)(H,25,28)(H,26,29)(H,31,32). The average Bonchev–Trinajstić information content (AvgIpc) is 3.21. The average molecular weight is 512 g/mol. The molecule has 2 rings (SSSR count). The van der Waals surface area contributed by atoms with E-state index in [0.29, 0.717) is 5.56 Å². The molecule has 0 aliphatic heterocycles. The van der Waals surface area contributed by atoms with Gasteiger partial charge in [0.2, 0.25) is 17.7 Å². The van der Waals surface area contributed by atoms with Gasteiger partial charge in [-0.1, -0.05) is 18.2 Å². The second-order valence-electron chi connectivity index (χ2n) is 7.72. The minimum Gasteiger partial charge on any atom is -0.480 e. The molecule has 0 aliphatic rings. The van der Waals surface area contributed by atoms with Gasteiger partial charge >= 0.3 is 5.97 Å². The fraction of sp³-hybridized carbons (Fsp3) is 0.429. The molecular formula is C21H29N5O6S2. The Labute approximate surface area is 207 Å². The van der Waals surface area contributed by atoms with E-state index in [1.54, 1.807) is 6.20 Å². The molecule has 0 saturated carbocycles. The van der Waals surface area contributed by atoms with Crippen molar-refractivity contribution in [1.29, 1.82) is 0 Å². The molecule has 0 bridgehead atoms. The lowest BCUT2D eigenvalue weighted by atomic mass is 10.0. The number of aliphatic hydroxyl groups excluding tert-OH is 1. The van der Waals surface area contributed by atoms with E-state index in [9.17, 15) is 29.4 Å². The van der Waals surface area contributed by atoms with Crippen LogP contribution in [0.3, 0.4) is 0 Å². The monoisotopic (exact) mass is 511 g/mol. The molecule has 34 heavy (non-hydrogen) atoms. The Balaban J connectivity index is 2.28. The number of aromatic nitrogens is 1. The van der Waals surface area contributed by atoms with E-state index in [1.165, 1.54) is 6.92 Å². The third kappa shape index (κ3) is 7.13. The summed E-state index contributed by atoms with van der Waals surface area (Å²) >= 11 is 8.05. The summed E-state index contributed by atoms with van der Waals surface area (Å²) in [6, 6.07) is 2.50. The SMILES string of the molecule is CC(O)C(NC(=O)C(Cc1c[nH]c2ccccc12)NC(=O)C(CS)NC(=O)C(N)CS)C(=O)O. The maximum absolute atomic E-state index is 13.0. The van der Waals surface area contributed by atoms with Crippen molar-refractivity contribution in [2.24, 2.45) is 5.73 Å². The van der Waals surface area contributed by atoms with Crippen LogP contribution >= 0.6 is 25.3 Å². The smallest absolute Gasteiger partial charge is 0.328 e. The van der Waals surface area contributed by atoms with Crippen molar-refractivity contribution in [3.8, 4) is 0 Å². The van der Waals surface area contributed by atoms with Crippen LogP contribution in [0.2, 0.25) is 0 Å². The first-order chi connectivity index (χ1) is 16.1. The number of carboxylic acid groups (broad SMARTS) is 1. The molecule has 0 fully saturated rings. The van der Waals surface area contributed by atoms with E-state index in [4.69, 9.17) is 5.73 Å². The molecular weight excluding hydrogens is 482 g/mol. The largest absolute Gasteiger partial charge is 0.480 e. The molecule has 1 aromatic carbocycles. The molecule has 5 unspecified atom stereocenters. The summed E-state index contributed by atoms with van der Waals surface area (Å²) in [6.07, 6.45) is 0.319. The molecule has 13 heteroatoms. The number of carbonyl (C=O) groups excluding carboxylic acids is 3. The number of carboxylic acids is 1. The van der Waals surface area contributed by atoms with E-state index in [0.717, 1.165) is 10.9 Å². The lowest BCUT2D eigenvalue weighted by Gasteiger charge is -2.25. The van der Waals surface area contributed by atoms with Gasteiger partial charge in [-0.25, -0.2) is 4.79 Å². The van der Waals surface area contributed by atoms with E-state index in [1.807, 2.05) is 24.3 Å². The Morgan fingerprint density at radius 2 is 1.62 bits per heavy atom. The van der Waals surface area contributed by atoms with Crippen molar-refractivity contribution in [2.75, 3.05) is 11.5 Å². The summed E-state index contributed by atoms with van der Waals surface area (Å²) in [6.45, 7) is 1.23. The van der Waals surface area contributed by atoms with Crippen LogP contribution in [0.5, 0.6) is 0 Å². The van der Waals surface area contributed by atoms with Crippen molar-refractivity contribution in [2.45, 2.75) is 43.6 Å². The second-order valence-corrected chi connectivity index (χ2v) is 8.45. The van der Waals surface area contributed by atoms with Gasteiger partial charge in [-0.2, -0.15) is 25.3 Å². The minimum atomic E-state index is -1.58. The molecule has 11 nitrogen and oxygen atoms in total. The van der Waals surface area contributed by atoms with E-state index in [2.05, 4.69) is 46.2 Å². The zero-order valence-electron chi connectivity index (χ0n) is 18.4. The number of nitrogens with one attached hydrogen (secondary N) is 4. The van der Waals surface area contributed by atoms with Gasteiger partial charge in [-0.3, -0.25) is 14.4 Å². The van der Waals surface area contributed by atoms with Gasteiger partial charge in [-0.05, 0) is 18.6 Å². The van der Waals surface area contributed by atoms with Crippen LogP contribution in [-0.4, -0.2) is 80.7 Å².